The van der Waals surface area contributed by atoms with Crippen molar-refractivity contribution in [3.8, 4) is 33.6 Å². The zero-order chi connectivity index (χ0) is 42.5. The molecule has 4 amide bonds. The number of ether oxygens (including phenoxy) is 2. The highest BCUT2D eigenvalue weighted by atomic mass is 32.1. The molecule has 2 aromatic carbocycles. The average Bonchev–Trinajstić information content (AvgIpc) is 4.10. The summed E-state index contributed by atoms with van der Waals surface area (Å²) in [6.07, 6.45) is 6.78. The molecule has 5 aromatic rings. The molecule has 2 aliphatic heterocycles. The summed E-state index contributed by atoms with van der Waals surface area (Å²) in [6.45, 7) is 11.0. The third-order valence-electron chi connectivity index (χ3n) is 12.7. The first-order valence-corrected chi connectivity index (χ1v) is 21.7. The molecule has 0 radical (unpaired) electrons. The van der Waals surface area contributed by atoms with Gasteiger partial charge in [0.25, 0.3) is 0 Å². The zero-order valence-electron chi connectivity index (χ0n) is 35.3. The Kier molecular flexibility index (Phi) is 11.2. The lowest BCUT2D eigenvalue weighted by molar-refractivity contribution is -0.140. The number of aromatic nitrogens is 4. The van der Waals surface area contributed by atoms with E-state index in [2.05, 4.69) is 70.0 Å². The fourth-order valence-electron chi connectivity index (χ4n) is 9.55. The van der Waals surface area contributed by atoms with Crippen molar-refractivity contribution >= 4 is 45.4 Å². The van der Waals surface area contributed by atoms with Crippen molar-refractivity contribution in [1.29, 1.82) is 0 Å². The van der Waals surface area contributed by atoms with Crippen LogP contribution < -0.4 is 10.6 Å². The SMILES string of the molecule is COC(=O)N[C@H](C(=O)N1C[C@H]2CC[C@]1(c1ncc(-c3ccc(-c4ccc(-c5cnc([C@@H]6CCCN6C(=O)[C@H](NC(=O)OC)C(C)C)[nH]5)cc4)c4cc(C)sc34)[nH]1)C2)C(C)C. The molecule has 4 N–H and O–H groups in total. The van der Waals surface area contributed by atoms with Gasteiger partial charge in [-0.25, -0.2) is 19.6 Å². The van der Waals surface area contributed by atoms with E-state index >= 15 is 0 Å². The van der Waals surface area contributed by atoms with Crippen molar-refractivity contribution in [2.24, 2.45) is 17.8 Å². The maximum Gasteiger partial charge on any atom is 0.407 e. The monoisotopic (exact) mass is 834 g/mol. The Hall–Kier alpha value is -5.70. The van der Waals surface area contributed by atoms with E-state index < -0.39 is 29.8 Å². The van der Waals surface area contributed by atoms with E-state index in [0.29, 0.717) is 19.0 Å². The number of rotatable bonds is 11. The molecule has 60 heavy (non-hydrogen) atoms. The number of carbonyl (C=O) groups is 4. The van der Waals surface area contributed by atoms with Gasteiger partial charge in [0.05, 0.1) is 44.0 Å². The van der Waals surface area contributed by atoms with Crippen molar-refractivity contribution in [2.75, 3.05) is 27.3 Å². The van der Waals surface area contributed by atoms with Crippen LogP contribution in [0.5, 0.6) is 0 Å². The van der Waals surface area contributed by atoms with E-state index in [1.54, 1.807) is 11.3 Å². The largest absolute Gasteiger partial charge is 0.453 e. The van der Waals surface area contributed by atoms with Crippen molar-refractivity contribution in [1.82, 2.24) is 40.4 Å². The van der Waals surface area contributed by atoms with Crippen LogP contribution in [-0.4, -0.2) is 93.1 Å². The molecule has 3 aromatic heterocycles. The molecule has 3 aliphatic rings. The Morgan fingerprint density at radius 2 is 1.48 bits per heavy atom. The minimum atomic E-state index is -0.697. The van der Waals surface area contributed by atoms with Crippen molar-refractivity contribution < 1.29 is 28.7 Å². The second kappa shape index (κ2) is 16.4. The van der Waals surface area contributed by atoms with Gasteiger partial charge in [-0.3, -0.25) is 9.59 Å². The predicted octanol–water partition coefficient (Wildman–Crippen LogP) is 7.92. The van der Waals surface area contributed by atoms with Crippen LogP contribution in [0.15, 0.2) is 54.9 Å². The van der Waals surface area contributed by atoms with E-state index in [-0.39, 0.29) is 29.7 Å². The molecule has 5 atom stereocenters. The third-order valence-corrected chi connectivity index (χ3v) is 13.8. The van der Waals surface area contributed by atoms with Gasteiger partial charge < -0.3 is 39.9 Å². The number of carbonyl (C=O) groups excluding carboxylic acids is 4. The molecule has 0 unspecified atom stereocenters. The van der Waals surface area contributed by atoms with E-state index in [9.17, 15) is 19.2 Å². The van der Waals surface area contributed by atoms with Gasteiger partial charge in [0.15, 0.2) is 0 Å². The number of aromatic amines is 2. The number of aryl methyl sites for hydroxylation is 1. The van der Waals surface area contributed by atoms with Gasteiger partial charge in [0, 0.05) is 33.6 Å². The van der Waals surface area contributed by atoms with Gasteiger partial charge in [0.2, 0.25) is 11.8 Å². The number of hydrogen-bond donors (Lipinski definition) is 4. The number of nitrogens with one attached hydrogen (secondary N) is 4. The summed E-state index contributed by atoms with van der Waals surface area (Å²) in [4.78, 5) is 73.7. The minimum absolute atomic E-state index is 0.103. The standard InChI is InChI=1S/C45H54N8O6S/c1-24(2)36(50-43(56)58-6)40(54)52-18-8-9-35(52)39-46-21-33(48-39)29-12-10-28(11-13-29)30-14-15-31(38-32(30)19-26(5)60-38)34-22-47-42(49-34)45-17-16-27(20-45)23-53(45)41(55)37(25(3)4)51-44(57)59-7/h10-15,19,21-22,24-25,27,35-37H,8-9,16-18,20,23H2,1-7H3,(H,46,48)(H,47,49)(H,50,56)(H,51,57)/t27-,35-,36+,37-,45+/m0/s1. The molecular formula is C45H54N8O6S. The minimum Gasteiger partial charge on any atom is -0.453 e. The fourth-order valence-corrected chi connectivity index (χ4v) is 10.6. The number of alkyl carbamates (subject to hydrolysis) is 2. The molecule has 0 spiro atoms. The number of hydrogen-bond acceptors (Lipinski definition) is 9. The van der Waals surface area contributed by atoms with E-state index in [1.165, 1.54) is 19.1 Å². The van der Waals surface area contributed by atoms with Crippen LogP contribution in [0.4, 0.5) is 9.59 Å². The molecule has 3 fully saturated rings. The number of nitrogens with zero attached hydrogens (tertiary/aromatic N) is 4. The first-order chi connectivity index (χ1) is 28.8. The van der Waals surface area contributed by atoms with Gasteiger partial charge in [0.1, 0.15) is 29.3 Å². The van der Waals surface area contributed by atoms with Crippen LogP contribution in [0.3, 0.4) is 0 Å². The fraction of sp³-hybridized carbons (Fsp3) is 0.467. The molecule has 5 heterocycles. The van der Waals surface area contributed by atoms with E-state index in [0.717, 1.165) is 87.5 Å². The summed E-state index contributed by atoms with van der Waals surface area (Å²) in [6, 6.07) is 13.4. The van der Waals surface area contributed by atoms with Crippen LogP contribution in [-0.2, 0) is 24.6 Å². The van der Waals surface area contributed by atoms with Gasteiger partial charge in [-0.05, 0) is 79.5 Å². The Balaban J connectivity index is 1.02. The first kappa shape index (κ1) is 41.1. The van der Waals surface area contributed by atoms with Crippen LogP contribution in [0.1, 0.15) is 82.4 Å². The summed E-state index contributed by atoms with van der Waals surface area (Å²) < 4.78 is 10.8. The second-order valence-corrected chi connectivity index (χ2v) is 18.4. The van der Waals surface area contributed by atoms with Gasteiger partial charge in [-0.2, -0.15) is 0 Å². The van der Waals surface area contributed by atoms with Crippen LogP contribution in [0.2, 0.25) is 0 Å². The van der Waals surface area contributed by atoms with E-state index in [1.807, 2.05) is 49.9 Å². The number of benzene rings is 2. The number of H-pyrrole nitrogens is 2. The molecule has 2 bridgehead atoms. The topological polar surface area (TPSA) is 175 Å². The lowest BCUT2D eigenvalue weighted by Gasteiger charge is -2.40. The number of fused-ring (bicyclic) bond motifs is 3. The smallest absolute Gasteiger partial charge is 0.407 e. The number of methoxy groups -OCH3 is 2. The number of thiophene rings is 1. The van der Waals surface area contributed by atoms with E-state index in [4.69, 9.17) is 19.4 Å². The second-order valence-electron chi connectivity index (χ2n) is 17.2. The molecule has 15 heteroatoms. The highest BCUT2D eigenvalue weighted by Crippen LogP contribution is 2.53. The molecule has 8 rings (SSSR count). The van der Waals surface area contributed by atoms with Crippen molar-refractivity contribution in [2.45, 2.75) is 90.4 Å². The summed E-state index contributed by atoms with van der Waals surface area (Å²) in [7, 11) is 2.60. The maximum atomic E-state index is 14.1. The van der Waals surface area contributed by atoms with Crippen molar-refractivity contribution in [3.63, 3.8) is 0 Å². The first-order valence-electron chi connectivity index (χ1n) is 20.9. The molecule has 1 aliphatic carbocycles. The van der Waals surface area contributed by atoms with Gasteiger partial charge >= 0.3 is 12.2 Å². The highest BCUT2D eigenvalue weighted by Gasteiger charge is 2.56. The molecule has 316 valence electrons. The van der Waals surface area contributed by atoms with Gasteiger partial charge in [-0.1, -0.05) is 64.1 Å². The number of imidazole rings is 2. The summed E-state index contributed by atoms with van der Waals surface area (Å²) in [5.41, 5.74) is 5.45. The number of piperidine rings is 1. The quantitative estimate of drug-likeness (QED) is 0.104. The Morgan fingerprint density at radius 1 is 0.833 bits per heavy atom. The predicted molar refractivity (Wildman–Crippen MR) is 230 cm³/mol. The summed E-state index contributed by atoms with van der Waals surface area (Å²) in [5.74, 6) is 1.43. The molecular weight excluding hydrogens is 781 g/mol. The highest BCUT2D eigenvalue weighted by molar-refractivity contribution is 7.19. The summed E-state index contributed by atoms with van der Waals surface area (Å²) >= 11 is 1.75. The Bertz CT molecular complexity index is 2420. The summed E-state index contributed by atoms with van der Waals surface area (Å²) in [5, 5.41) is 6.63. The lowest BCUT2D eigenvalue weighted by Crippen LogP contribution is -2.56. The normalized spacial score (nSPS) is 20.9. The lowest BCUT2D eigenvalue weighted by atomic mass is 9.93. The van der Waals surface area contributed by atoms with Crippen LogP contribution in [0, 0.1) is 24.7 Å². The molecule has 1 saturated carbocycles. The molecule has 14 nitrogen and oxygen atoms in total. The van der Waals surface area contributed by atoms with Gasteiger partial charge in [-0.15, -0.1) is 11.3 Å². The third kappa shape index (κ3) is 7.41. The maximum absolute atomic E-state index is 14.1. The van der Waals surface area contributed by atoms with Crippen molar-refractivity contribution in [3.05, 3.63) is 71.4 Å². The van der Waals surface area contributed by atoms with Crippen LogP contribution in [0.25, 0.3) is 43.7 Å². The average molecular weight is 835 g/mol. The Morgan fingerprint density at radius 3 is 2.15 bits per heavy atom. The number of amides is 4. The van der Waals surface area contributed by atoms with Crippen LogP contribution >= 0.6 is 11.3 Å². The zero-order valence-corrected chi connectivity index (χ0v) is 36.1. The number of likely N-dealkylation sites (tertiary alicyclic amines) is 2. The molecule has 2 saturated heterocycles. The Labute approximate surface area is 353 Å².